The maximum Gasteiger partial charge on any atom is 0.231 e. The van der Waals surface area contributed by atoms with Crippen LogP contribution in [-0.4, -0.2) is 43.0 Å². The van der Waals surface area contributed by atoms with Crippen LogP contribution in [0.2, 0.25) is 0 Å². The number of rotatable bonds is 5. The van der Waals surface area contributed by atoms with Crippen LogP contribution >= 0.6 is 0 Å². The minimum Gasteiger partial charge on any atom is -0.454 e. The topological polar surface area (TPSA) is 46.7 Å². The Morgan fingerprint density at radius 2 is 1.91 bits per heavy atom. The van der Waals surface area contributed by atoms with Gasteiger partial charge in [-0.1, -0.05) is 0 Å². The quantitative estimate of drug-likeness (QED) is 0.612. The molecule has 0 amide bonds. The first-order chi connectivity index (χ1) is 15.7. The highest BCUT2D eigenvalue weighted by Crippen LogP contribution is 2.42. The highest BCUT2D eigenvalue weighted by molar-refractivity contribution is 5.83. The number of H-pyrrole nitrogens is 1. The third-order valence-electron chi connectivity index (χ3n) is 7.35. The van der Waals surface area contributed by atoms with Gasteiger partial charge in [0.2, 0.25) is 6.79 Å². The highest BCUT2D eigenvalue weighted by Gasteiger charge is 2.32. The van der Waals surface area contributed by atoms with Gasteiger partial charge < -0.3 is 19.2 Å². The molecule has 0 radical (unpaired) electrons. The molecule has 6 rings (SSSR count). The highest BCUT2D eigenvalue weighted by atomic mass is 19.1. The average Bonchev–Trinajstić information content (AvgIpc) is 3.44. The monoisotopic (exact) mass is 436 g/mol. The van der Waals surface area contributed by atoms with E-state index in [1.54, 1.807) is 6.07 Å². The summed E-state index contributed by atoms with van der Waals surface area (Å²) in [5.41, 5.74) is 4.90. The number of benzene rings is 2. The van der Waals surface area contributed by atoms with Crippen molar-refractivity contribution < 1.29 is 18.6 Å². The van der Waals surface area contributed by atoms with Crippen LogP contribution in [0.5, 0.6) is 11.5 Å². The zero-order valence-electron chi connectivity index (χ0n) is 18.2. The number of aromatic amines is 1. The van der Waals surface area contributed by atoms with Crippen LogP contribution in [0.15, 0.2) is 36.5 Å². The van der Waals surface area contributed by atoms with Crippen molar-refractivity contribution in [3.8, 4) is 11.5 Å². The second kappa shape index (κ2) is 8.41. The molecule has 0 saturated carbocycles. The maximum atomic E-state index is 13.9. The summed E-state index contributed by atoms with van der Waals surface area (Å²) in [6, 6.07) is 9.67. The number of aryl methyl sites for hydroxylation is 1. The van der Waals surface area contributed by atoms with Gasteiger partial charge in [0, 0.05) is 49.4 Å². The van der Waals surface area contributed by atoms with Crippen LogP contribution in [0.4, 0.5) is 4.39 Å². The summed E-state index contributed by atoms with van der Waals surface area (Å²) in [7, 11) is 0. The van der Waals surface area contributed by atoms with Crippen molar-refractivity contribution in [1.29, 1.82) is 0 Å². The van der Waals surface area contributed by atoms with E-state index in [1.807, 2.05) is 12.3 Å². The van der Waals surface area contributed by atoms with Crippen molar-refractivity contribution in [1.82, 2.24) is 9.88 Å². The van der Waals surface area contributed by atoms with Crippen LogP contribution in [0.1, 0.15) is 42.0 Å². The summed E-state index contributed by atoms with van der Waals surface area (Å²) in [5, 5.41) is 0.989. The van der Waals surface area contributed by atoms with Crippen LogP contribution < -0.4 is 9.47 Å². The van der Waals surface area contributed by atoms with Crippen molar-refractivity contribution in [2.75, 3.05) is 33.1 Å². The molecule has 3 aliphatic heterocycles. The van der Waals surface area contributed by atoms with Crippen LogP contribution in [0, 0.1) is 11.7 Å². The van der Waals surface area contributed by atoms with Gasteiger partial charge in [0.05, 0.1) is 0 Å². The van der Waals surface area contributed by atoms with E-state index < -0.39 is 0 Å². The molecular weight excluding hydrogens is 407 g/mol. The second-order valence-electron chi connectivity index (χ2n) is 9.26. The SMILES string of the molecule is Fc1ccc2[nH]cc(CC[C@H]3c4cc5c(cc4CCN3CC3CCOCC3)OCO5)c2c1. The predicted molar refractivity (Wildman–Crippen MR) is 121 cm³/mol. The lowest BCUT2D eigenvalue weighted by atomic mass is 9.87. The average molecular weight is 437 g/mol. The van der Waals surface area contributed by atoms with E-state index >= 15 is 0 Å². The van der Waals surface area contributed by atoms with Crippen LogP contribution in [0.25, 0.3) is 10.9 Å². The molecule has 1 aromatic heterocycles. The Morgan fingerprint density at radius 1 is 1.06 bits per heavy atom. The fraction of sp³-hybridized carbons (Fsp3) is 0.462. The smallest absolute Gasteiger partial charge is 0.231 e. The first kappa shape index (κ1) is 20.1. The molecule has 0 bridgehead atoms. The summed E-state index contributed by atoms with van der Waals surface area (Å²) in [4.78, 5) is 5.97. The molecular formula is C26H29FN2O3. The molecule has 6 heteroatoms. The third-order valence-corrected chi connectivity index (χ3v) is 7.35. The summed E-state index contributed by atoms with van der Waals surface area (Å²) < 4.78 is 30.8. The van der Waals surface area contributed by atoms with Crippen molar-refractivity contribution in [2.24, 2.45) is 5.92 Å². The standard InChI is InChI=1S/C26H29FN2O3/c27-20-2-3-23-21(12-20)19(14-28-23)1-4-24-22-13-26-25(31-16-32-26)11-18(22)5-8-29(24)15-17-6-9-30-10-7-17/h2-3,11-14,17,24,28H,1,4-10,15-16H2/t24-/m0/s1. The first-order valence-electron chi connectivity index (χ1n) is 11.7. The number of fused-ring (bicyclic) bond motifs is 3. The van der Waals surface area contributed by atoms with Crippen LogP contribution in [-0.2, 0) is 17.6 Å². The summed E-state index contributed by atoms with van der Waals surface area (Å²) in [6.45, 7) is 4.20. The second-order valence-corrected chi connectivity index (χ2v) is 9.26. The number of hydrogen-bond donors (Lipinski definition) is 1. The Labute approximate surface area is 187 Å². The summed E-state index contributed by atoms with van der Waals surface area (Å²) >= 11 is 0. The van der Waals surface area contributed by atoms with E-state index in [-0.39, 0.29) is 5.82 Å². The molecule has 0 unspecified atom stereocenters. The molecule has 5 nitrogen and oxygen atoms in total. The van der Waals surface area contributed by atoms with E-state index in [1.165, 1.54) is 22.8 Å². The van der Waals surface area contributed by atoms with Gasteiger partial charge in [-0.2, -0.15) is 0 Å². The fourth-order valence-electron chi connectivity index (χ4n) is 5.61. The van der Waals surface area contributed by atoms with Gasteiger partial charge in [-0.3, -0.25) is 4.90 Å². The molecule has 1 atom stereocenters. The molecule has 2 aromatic carbocycles. The number of nitrogens with zero attached hydrogens (tertiary/aromatic N) is 1. The Bertz CT molecular complexity index is 1120. The van der Waals surface area contributed by atoms with Gasteiger partial charge >= 0.3 is 0 Å². The molecule has 0 spiro atoms. The zero-order valence-corrected chi connectivity index (χ0v) is 18.2. The molecule has 3 aliphatic rings. The number of aromatic nitrogens is 1. The van der Waals surface area contributed by atoms with Crippen molar-refractivity contribution in [3.63, 3.8) is 0 Å². The van der Waals surface area contributed by atoms with Crippen molar-refractivity contribution in [2.45, 2.75) is 38.1 Å². The predicted octanol–water partition coefficient (Wildman–Crippen LogP) is 4.99. The molecule has 1 N–H and O–H groups in total. The third kappa shape index (κ3) is 3.76. The largest absolute Gasteiger partial charge is 0.454 e. The van der Waals surface area contributed by atoms with Gasteiger partial charge in [0.15, 0.2) is 11.5 Å². The minimum absolute atomic E-state index is 0.185. The molecule has 168 valence electrons. The van der Waals surface area contributed by atoms with E-state index in [0.717, 1.165) is 80.8 Å². The number of ether oxygens (including phenoxy) is 3. The van der Waals surface area contributed by atoms with Gasteiger partial charge in [-0.05, 0) is 85.0 Å². The molecule has 3 aromatic rings. The summed E-state index contributed by atoms with van der Waals surface area (Å²) in [5.74, 6) is 2.22. The zero-order chi connectivity index (χ0) is 21.5. The van der Waals surface area contributed by atoms with E-state index in [0.29, 0.717) is 18.8 Å². The Morgan fingerprint density at radius 3 is 2.78 bits per heavy atom. The van der Waals surface area contributed by atoms with Gasteiger partial charge in [-0.25, -0.2) is 4.39 Å². The number of halogens is 1. The number of hydrogen-bond acceptors (Lipinski definition) is 4. The molecule has 0 aliphatic carbocycles. The Hall–Kier alpha value is -2.57. The fourth-order valence-corrected chi connectivity index (χ4v) is 5.61. The summed E-state index contributed by atoms with van der Waals surface area (Å²) in [6.07, 6.45) is 7.23. The van der Waals surface area contributed by atoms with Gasteiger partial charge in [0.1, 0.15) is 5.82 Å². The normalized spacial score (nSPS) is 21.2. The maximum absolute atomic E-state index is 13.9. The van der Waals surface area contributed by atoms with E-state index in [4.69, 9.17) is 14.2 Å². The molecule has 1 fully saturated rings. The molecule has 4 heterocycles. The van der Waals surface area contributed by atoms with Crippen LogP contribution in [0.3, 0.4) is 0 Å². The molecule has 32 heavy (non-hydrogen) atoms. The lowest BCUT2D eigenvalue weighted by Crippen LogP contribution is -2.40. The van der Waals surface area contributed by atoms with Crippen molar-refractivity contribution >= 4 is 10.9 Å². The van der Waals surface area contributed by atoms with Gasteiger partial charge in [0.25, 0.3) is 0 Å². The Balaban J connectivity index is 1.29. The lowest BCUT2D eigenvalue weighted by Gasteiger charge is -2.40. The first-order valence-corrected chi connectivity index (χ1v) is 11.7. The van der Waals surface area contributed by atoms with E-state index in [2.05, 4.69) is 22.0 Å². The van der Waals surface area contributed by atoms with E-state index in [9.17, 15) is 4.39 Å². The lowest BCUT2D eigenvalue weighted by molar-refractivity contribution is 0.0423. The Kier molecular flexibility index (Phi) is 5.27. The van der Waals surface area contributed by atoms with Crippen molar-refractivity contribution in [3.05, 3.63) is 59.0 Å². The molecule has 1 saturated heterocycles. The number of nitrogens with one attached hydrogen (secondary N) is 1. The van der Waals surface area contributed by atoms with Gasteiger partial charge in [-0.15, -0.1) is 0 Å². The minimum atomic E-state index is -0.185.